The molecule has 0 saturated heterocycles. The highest BCUT2D eigenvalue weighted by Gasteiger charge is 2.18. The second-order valence-electron chi connectivity index (χ2n) is 4.80. The fourth-order valence-electron chi connectivity index (χ4n) is 1.93. The van der Waals surface area contributed by atoms with E-state index in [1.807, 2.05) is 12.1 Å². The van der Waals surface area contributed by atoms with Crippen LogP contribution in [0.2, 0.25) is 0 Å². The van der Waals surface area contributed by atoms with Crippen LogP contribution >= 0.6 is 11.8 Å². The van der Waals surface area contributed by atoms with Gasteiger partial charge in [0.05, 0.1) is 11.3 Å². The first-order valence-electron chi connectivity index (χ1n) is 6.93. The predicted molar refractivity (Wildman–Crippen MR) is 84.7 cm³/mol. The molecule has 1 heterocycles. The van der Waals surface area contributed by atoms with Gasteiger partial charge in [-0.25, -0.2) is 8.78 Å². The zero-order chi connectivity index (χ0) is 16.7. The lowest BCUT2D eigenvalue weighted by Crippen LogP contribution is -2.30. The van der Waals surface area contributed by atoms with E-state index in [4.69, 9.17) is 0 Å². The summed E-state index contributed by atoms with van der Waals surface area (Å²) in [6, 6.07) is 7.06. The van der Waals surface area contributed by atoms with Crippen molar-refractivity contribution in [3.63, 3.8) is 0 Å². The molecule has 0 aliphatic carbocycles. The summed E-state index contributed by atoms with van der Waals surface area (Å²) in [5.74, 6) is -1.13. The summed E-state index contributed by atoms with van der Waals surface area (Å²) in [4.78, 5) is 15.6. The first-order valence-corrected chi connectivity index (χ1v) is 8.08. The molecule has 1 atom stereocenters. The van der Waals surface area contributed by atoms with E-state index in [-0.39, 0.29) is 18.2 Å². The third-order valence-electron chi connectivity index (χ3n) is 3.08. The third kappa shape index (κ3) is 5.30. The molecule has 0 saturated carbocycles. The SMILES string of the molecule is O=C(CSCc1ccncc1)NC[C@H](O)c1c(F)cccc1F. The van der Waals surface area contributed by atoms with Gasteiger partial charge in [-0.2, -0.15) is 0 Å². The zero-order valence-electron chi connectivity index (χ0n) is 12.2. The van der Waals surface area contributed by atoms with E-state index in [0.29, 0.717) is 5.75 Å². The van der Waals surface area contributed by atoms with Gasteiger partial charge in [0.2, 0.25) is 5.91 Å². The van der Waals surface area contributed by atoms with Gasteiger partial charge >= 0.3 is 0 Å². The summed E-state index contributed by atoms with van der Waals surface area (Å²) in [7, 11) is 0. The van der Waals surface area contributed by atoms with Gasteiger partial charge in [0.25, 0.3) is 0 Å². The first-order chi connectivity index (χ1) is 11.1. The second-order valence-corrected chi connectivity index (χ2v) is 5.79. The minimum atomic E-state index is -1.43. The number of pyridine rings is 1. The number of rotatable bonds is 7. The minimum absolute atomic E-state index is 0.189. The number of nitrogens with zero attached hydrogens (tertiary/aromatic N) is 1. The molecule has 2 N–H and O–H groups in total. The van der Waals surface area contributed by atoms with Gasteiger partial charge in [-0.1, -0.05) is 6.07 Å². The number of aromatic nitrogens is 1. The lowest BCUT2D eigenvalue weighted by atomic mass is 10.1. The van der Waals surface area contributed by atoms with Crippen molar-refractivity contribution in [1.29, 1.82) is 0 Å². The molecule has 4 nitrogen and oxygen atoms in total. The number of benzene rings is 1. The van der Waals surface area contributed by atoms with Gasteiger partial charge in [-0.15, -0.1) is 11.8 Å². The number of amides is 1. The topological polar surface area (TPSA) is 62.2 Å². The molecule has 0 radical (unpaired) electrons. The highest BCUT2D eigenvalue weighted by atomic mass is 32.2. The Kier molecular flexibility index (Phi) is 6.49. The lowest BCUT2D eigenvalue weighted by molar-refractivity contribution is -0.119. The predicted octanol–water partition coefficient (Wildman–Crippen LogP) is 2.44. The monoisotopic (exact) mass is 338 g/mol. The van der Waals surface area contributed by atoms with Crippen molar-refractivity contribution in [1.82, 2.24) is 10.3 Å². The van der Waals surface area contributed by atoms with Crippen molar-refractivity contribution in [2.45, 2.75) is 11.9 Å². The fraction of sp³-hybridized carbons (Fsp3) is 0.250. The van der Waals surface area contributed by atoms with Gasteiger partial charge in [-0.05, 0) is 29.8 Å². The van der Waals surface area contributed by atoms with Gasteiger partial charge < -0.3 is 10.4 Å². The Labute approximate surface area is 136 Å². The molecule has 122 valence electrons. The molecule has 0 bridgehead atoms. The minimum Gasteiger partial charge on any atom is -0.386 e. The van der Waals surface area contributed by atoms with Crippen molar-refractivity contribution in [3.05, 3.63) is 65.5 Å². The smallest absolute Gasteiger partial charge is 0.230 e. The number of hydrogen-bond acceptors (Lipinski definition) is 4. The lowest BCUT2D eigenvalue weighted by Gasteiger charge is -2.13. The number of nitrogens with one attached hydrogen (secondary N) is 1. The summed E-state index contributed by atoms with van der Waals surface area (Å²) in [6.45, 7) is -0.244. The van der Waals surface area contributed by atoms with E-state index >= 15 is 0 Å². The number of thioether (sulfide) groups is 1. The van der Waals surface area contributed by atoms with Crippen LogP contribution in [-0.2, 0) is 10.5 Å². The van der Waals surface area contributed by atoms with E-state index in [9.17, 15) is 18.7 Å². The Morgan fingerprint density at radius 1 is 1.22 bits per heavy atom. The maximum absolute atomic E-state index is 13.5. The highest BCUT2D eigenvalue weighted by Crippen LogP contribution is 2.20. The zero-order valence-corrected chi connectivity index (χ0v) is 13.0. The standard InChI is InChI=1S/C16H16F2N2O2S/c17-12-2-1-3-13(18)16(12)14(21)8-20-15(22)10-23-9-11-4-6-19-7-5-11/h1-7,14,21H,8-10H2,(H,20,22)/t14-/m0/s1. The number of carbonyl (C=O) groups is 1. The summed E-state index contributed by atoms with van der Waals surface area (Å²) < 4.78 is 27.0. The molecule has 0 spiro atoms. The fourth-order valence-corrected chi connectivity index (χ4v) is 2.75. The molecule has 2 rings (SSSR count). The number of carbonyl (C=O) groups excluding carboxylic acids is 1. The van der Waals surface area contributed by atoms with Crippen molar-refractivity contribution < 1.29 is 18.7 Å². The van der Waals surface area contributed by atoms with Crippen LogP contribution in [0.3, 0.4) is 0 Å². The van der Waals surface area contributed by atoms with Crippen LogP contribution < -0.4 is 5.32 Å². The second kappa shape index (κ2) is 8.59. The summed E-state index contributed by atoms with van der Waals surface area (Å²) in [6.07, 6.45) is 1.93. The van der Waals surface area contributed by atoms with Crippen LogP contribution in [0.5, 0.6) is 0 Å². The molecule has 1 aromatic heterocycles. The number of aliphatic hydroxyl groups excluding tert-OH is 1. The van der Waals surface area contributed by atoms with Gasteiger partial charge in [0.15, 0.2) is 0 Å². The van der Waals surface area contributed by atoms with E-state index < -0.39 is 23.3 Å². The molecule has 7 heteroatoms. The van der Waals surface area contributed by atoms with E-state index in [1.54, 1.807) is 12.4 Å². The number of hydrogen-bond donors (Lipinski definition) is 2. The Morgan fingerprint density at radius 2 is 1.87 bits per heavy atom. The molecule has 1 amide bonds. The quantitative estimate of drug-likeness (QED) is 0.814. The molecular formula is C16H16F2N2O2S. The normalized spacial score (nSPS) is 12.0. The Hall–Kier alpha value is -1.99. The van der Waals surface area contributed by atoms with Gasteiger partial charge in [-0.3, -0.25) is 9.78 Å². The average Bonchev–Trinajstić information content (AvgIpc) is 2.54. The van der Waals surface area contributed by atoms with E-state index in [0.717, 1.165) is 17.7 Å². The van der Waals surface area contributed by atoms with Crippen LogP contribution in [-0.4, -0.2) is 28.3 Å². The van der Waals surface area contributed by atoms with Crippen LogP contribution in [0, 0.1) is 11.6 Å². The summed E-state index contributed by atoms with van der Waals surface area (Å²) >= 11 is 1.40. The maximum Gasteiger partial charge on any atom is 0.230 e. The molecule has 23 heavy (non-hydrogen) atoms. The summed E-state index contributed by atoms with van der Waals surface area (Å²) in [5.41, 5.74) is 0.614. The van der Waals surface area contributed by atoms with Crippen LogP contribution in [0.15, 0.2) is 42.7 Å². The largest absolute Gasteiger partial charge is 0.386 e. The Bertz CT molecular complexity index is 636. The number of halogens is 2. The Balaban J connectivity index is 1.76. The molecule has 0 aliphatic heterocycles. The highest BCUT2D eigenvalue weighted by molar-refractivity contribution is 7.99. The van der Waals surface area contributed by atoms with Gasteiger partial charge in [0, 0.05) is 24.7 Å². The van der Waals surface area contributed by atoms with Crippen LogP contribution in [0.1, 0.15) is 17.2 Å². The van der Waals surface area contributed by atoms with Crippen molar-refractivity contribution in [2.24, 2.45) is 0 Å². The summed E-state index contributed by atoms with van der Waals surface area (Å²) in [5, 5.41) is 12.3. The average molecular weight is 338 g/mol. The van der Waals surface area contributed by atoms with Crippen LogP contribution in [0.25, 0.3) is 0 Å². The molecule has 0 aliphatic rings. The molecule has 1 aromatic carbocycles. The van der Waals surface area contributed by atoms with Crippen molar-refractivity contribution >= 4 is 17.7 Å². The van der Waals surface area contributed by atoms with E-state index in [1.165, 1.54) is 17.8 Å². The van der Waals surface area contributed by atoms with Crippen molar-refractivity contribution in [2.75, 3.05) is 12.3 Å². The van der Waals surface area contributed by atoms with E-state index in [2.05, 4.69) is 10.3 Å². The van der Waals surface area contributed by atoms with Gasteiger partial charge in [0.1, 0.15) is 17.7 Å². The molecular weight excluding hydrogens is 322 g/mol. The maximum atomic E-state index is 13.5. The van der Waals surface area contributed by atoms with Crippen molar-refractivity contribution in [3.8, 4) is 0 Å². The third-order valence-corrected chi connectivity index (χ3v) is 4.08. The molecule has 0 fully saturated rings. The first kappa shape index (κ1) is 17.4. The Morgan fingerprint density at radius 3 is 2.52 bits per heavy atom. The number of aliphatic hydroxyl groups is 1. The molecule has 0 unspecified atom stereocenters. The molecule has 2 aromatic rings. The van der Waals surface area contributed by atoms with Crippen LogP contribution in [0.4, 0.5) is 8.78 Å².